The van der Waals surface area contributed by atoms with Gasteiger partial charge in [0.15, 0.2) is 0 Å². The Hall–Kier alpha value is -2.37. The lowest BCUT2D eigenvalue weighted by molar-refractivity contribution is -0.214. The van der Waals surface area contributed by atoms with E-state index in [2.05, 4.69) is 19.7 Å². The molecule has 0 amide bonds. The smallest absolute Gasteiger partial charge is 0.312 e. The second-order valence-corrected chi connectivity index (χ2v) is 10.4. The summed E-state index contributed by atoms with van der Waals surface area (Å²) < 4.78 is 16.7. The molecule has 0 heterocycles. The number of hydrogen-bond donors (Lipinski definition) is 0. The van der Waals surface area contributed by atoms with Gasteiger partial charge >= 0.3 is 17.9 Å². The lowest BCUT2D eigenvalue weighted by Crippen LogP contribution is -2.64. The highest BCUT2D eigenvalue weighted by molar-refractivity contribution is 5.88. The van der Waals surface area contributed by atoms with E-state index in [1.165, 1.54) is 0 Å². The molecule has 0 N–H and O–H groups in total. The minimum atomic E-state index is -0.890. The largest absolute Gasteiger partial charge is 0.461 e. The first-order valence-electron chi connectivity index (χ1n) is 10.9. The van der Waals surface area contributed by atoms with Crippen LogP contribution >= 0.6 is 0 Å². The molecule has 0 spiro atoms. The van der Waals surface area contributed by atoms with Crippen LogP contribution in [0.4, 0.5) is 0 Å². The van der Waals surface area contributed by atoms with Gasteiger partial charge in [-0.1, -0.05) is 19.7 Å². The molecule has 31 heavy (non-hydrogen) atoms. The van der Waals surface area contributed by atoms with E-state index in [1.54, 1.807) is 20.8 Å². The summed E-state index contributed by atoms with van der Waals surface area (Å²) in [6.45, 7) is 17.2. The quantitative estimate of drug-likeness (QED) is 0.308. The summed E-state index contributed by atoms with van der Waals surface area (Å²) in [6.07, 6.45) is 2.88. The van der Waals surface area contributed by atoms with Gasteiger partial charge in [-0.3, -0.25) is 14.4 Å². The van der Waals surface area contributed by atoms with Crippen molar-refractivity contribution in [2.45, 2.75) is 59.3 Å². The Bertz CT molecular complexity index is 720. The maximum Gasteiger partial charge on any atom is 0.312 e. The fourth-order valence-electron chi connectivity index (χ4n) is 6.15. The Balaban J connectivity index is 1.95. The molecule has 6 heteroatoms. The van der Waals surface area contributed by atoms with Crippen LogP contribution in [-0.2, 0) is 28.6 Å². The Morgan fingerprint density at radius 3 is 1.13 bits per heavy atom. The van der Waals surface area contributed by atoms with Crippen LogP contribution in [0.3, 0.4) is 0 Å². The van der Waals surface area contributed by atoms with Gasteiger partial charge in [0.1, 0.15) is 19.8 Å². The fourth-order valence-corrected chi connectivity index (χ4v) is 6.15. The number of rotatable bonds is 9. The molecule has 0 aromatic carbocycles. The summed E-state index contributed by atoms with van der Waals surface area (Å²) >= 11 is 0. The maximum atomic E-state index is 13.3. The minimum Gasteiger partial charge on any atom is -0.461 e. The molecular weight excluding hydrogens is 396 g/mol. The van der Waals surface area contributed by atoms with Crippen molar-refractivity contribution < 1.29 is 28.6 Å². The van der Waals surface area contributed by atoms with Crippen molar-refractivity contribution in [1.29, 1.82) is 0 Å². The van der Waals surface area contributed by atoms with E-state index in [4.69, 9.17) is 14.2 Å². The molecule has 4 rings (SSSR count). The normalized spacial score (nSPS) is 32.8. The van der Waals surface area contributed by atoms with Crippen molar-refractivity contribution >= 4 is 17.9 Å². The first-order chi connectivity index (χ1) is 14.4. The molecule has 4 bridgehead atoms. The van der Waals surface area contributed by atoms with Crippen molar-refractivity contribution in [3.8, 4) is 0 Å². The van der Waals surface area contributed by atoms with Crippen LogP contribution in [0.1, 0.15) is 59.3 Å². The molecule has 4 aliphatic rings. The molecular formula is C25H34O6. The van der Waals surface area contributed by atoms with E-state index in [1.807, 2.05) is 0 Å². The van der Waals surface area contributed by atoms with Gasteiger partial charge in [0.05, 0.1) is 16.2 Å². The third kappa shape index (κ3) is 4.48. The van der Waals surface area contributed by atoms with Crippen LogP contribution in [0, 0.1) is 22.2 Å². The molecule has 170 valence electrons. The third-order valence-electron chi connectivity index (χ3n) is 6.72. The zero-order chi connectivity index (χ0) is 23.0. The molecule has 0 atom stereocenters. The first-order valence-corrected chi connectivity index (χ1v) is 10.9. The Kier molecular flexibility index (Phi) is 6.23. The van der Waals surface area contributed by atoms with Gasteiger partial charge < -0.3 is 14.2 Å². The molecule has 0 unspecified atom stereocenters. The van der Waals surface area contributed by atoms with Gasteiger partial charge in [-0.2, -0.15) is 0 Å². The van der Waals surface area contributed by atoms with E-state index >= 15 is 0 Å². The zero-order valence-electron chi connectivity index (χ0n) is 19.0. The number of carbonyl (C=O) groups is 3. The fraction of sp³-hybridized carbons (Fsp3) is 0.640. The highest BCUT2D eigenvalue weighted by atomic mass is 16.5. The first kappa shape index (κ1) is 23.3. The monoisotopic (exact) mass is 430 g/mol. The third-order valence-corrected chi connectivity index (χ3v) is 6.72. The molecule has 0 radical (unpaired) electrons. The molecule has 0 aromatic rings. The second-order valence-electron chi connectivity index (χ2n) is 10.4. The number of ether oxygens (including phenoxy) is 3. The standard InChI is InChI=1S/C25H34O6/c1-16(2)10-29-20(26)23-7-19-8-24(13-23,21(27)30-11-17(3)4)15-25(9-19,14-23)22(28)31-12-18(5)6/h19H,1,3,5,7-15H2,2,4,6H3. The lowest BCUT2D eigenvalue weighted by atomic mass is 9.39. The summed E-state index contributed by atoms with van der Waals surface area (Å²) in [4.78, 5) is 39.8. The van der Waals surface area contributed by atoms with Crippen LogP contribution < -0.4 is 0 Å². The molecule has 6 nitrogen and oxygen atoms in total. The molecule has 0 saturated heterocycles. The lowest BCUT2D eigenvalue weighted by Gasteiger charge is -2.63. The van der Waals surface area contributed by atoms with Crippen molar-refractivity contribution in [3.63, 3.8) is 0 Å². The molecule has 0 aromatic heterocycles. The average Bonchev–Trinajstić information content (AvgIpc) is 2.67. The van der Waals surface area contributed by atoms with E-state index in [9.17, 15) is 14.4 Å². The predicted octanol–water partition coefficient (Wildman–Crippen LogP) is 4.30. The predicted molar refractivity (Wildman–Crippen MR) is 116 cm³/mol. The van der Waals surface area contributed by atoms with Crippen LogP contribution in [0.15, 0.2) is 36.5 Å². The van der Waals surface area contributed by atoms with E-state index in [0.29, 0.717) is 38.5 Å². The van der Waals surface area contributed by atoms with Gasteiger partial charge in [-0.25, -0.2) is 0 Å². The van der Waals surface area contributed by atoms with Crippen LogP contribution in [0.25, 0.3) is 0 Å². The molecule has 0 aliphatic heterocycles. The molecule has 4 saturated carbocycles. The van der Waals surface area contributed by atoms with Crippen molar-refractivity contribution in [2.75, 3.05) is 19.8 Å². The maximum absolute atomic E-state index is 13.3. The van der Waals surface area contributed by atoms with E-state index in [0.717, 1.165) is 16.7 Å². The minimum absolute atomic E-state index is 0.0587. The number of esters is 3. The van der Waals surface area contributed by atoms with Gasteiger partial charge in [0, 0.05) is 0 Å². The Morgan fingerprint density at radius 1 is 0.645 bits per heavy atom. The average molecular weight is 431 g/mol. The Labute approximate surface area is 184 Å². The topological polar surface area (TPSA) is 78.9 Å². The highest BCUT2D eigenvalue weighted by Crippen LogP contribution is 2.70. The SMILES string of the molecule is C=C(C)COC(=O)C12CC3CC(C(=O)OCC(=C)C)(C1)CC(C(=O)OCC(=C)C)(C3)C2. The van der Waals surface area contributed by atoms with E-state index in [-0.39, 0.29) is 43.6 Å². The summed E-state index contributed by atoms with van der Waals surface area (Å²) in [6, 6.07) is 0. The number of hydrogen-bond acceptors (Lipinski definition) is 6. The Morgan fingerprint density at radius 2 is 0.903 bits per heavy atom. The van der Waals surface area contributed by atoms with Crippen molar-refractivity contribution in [2.24, 2.45) is 22.2 Å². The van der Waals surface area contributed by atoms with Gasteiger partial charge in [0.25, 0.3) is 0 Å². The highest BCUT2D eigenvalue weighted by Gasteiger charge is 2.71. The molecule has 4 aliphatic carbocycles. The van der Waals surface area contributed by atoms with Gasteiger partial charge in [0.2, 0.25) is 0 Å². The second kappa shape index (κ2) is 8.29. The van der Waals surface area contributed by atoms with Crippen LogP contribution in [0.5, 0.6) is 0 Å². The van der Waals surface area contributed by atoms with Crippen LogP contribution in [-0.4, -0.2) is 37.7 Å². The zero-order valence-corrected chi connectivity index (χ0v) is 19.0. The summed E-state index contributed by atoms with van der Waals surface area (Å²) in [7, 11) is 0. The van der Waals surface area contributed by atoms with Crippen molar-refractivity contribution in [1.82, 2.24) is 0 Å². The van der Waals surface area contributed by atoms with Crippen LogP contribution in [0.2, 0.25) is 0 Å². The summed E-state index contributed by atoms with van der Waals surface area (Å²) in [5.74, 6) is -1.00. The number of carbonyl (C=O) groups excluding carboxylic acids is 3. The summed E-state index contributed by atoms with van der Waals surface area (Å²) in [5.41, 5.74) is -0.448. The summed E-state index contributed by atoms with van der Waals surface area (Å²) in [5, 5.41) is 0. The molecule has 4 fully saturated rings. The van der Waals surface area contributed by atoms with Crippen molar-refractivity contribution in [3.05, 3.63) is 36.5 Å². The van der Waals surface area contributed by atoms with Gasteiger partial charge in [-0.05, 0) is 81.9 Å². The van der Waals surface area contributed by atoms with E-state index < -0.39 is 16.2 Å². The van der Waals surface area contributed by atoms with Gasteiger partial charge in [-0.15, -0.1) is 0 Å².